The summed E-state index contributed by atoms with van der Waals surface area (Å²) in [4.78, 5) is 12.4. The fourth-order valence-electron chi connectivity index (χ4n) is 7.85. The van der Waals surface area contributed by atoms with Crippen molar-refractivity contribution in [3.8, 4) is 0 Å². The lowest BCUT2D eigenvalue weighted by Crippen LogP contribution is -2.51. The van der Waals surface area contributed by atoms with E-state index < -0.39 is 0 Å². The molecule has 0 aliphatic heterocycles. The number of allylic oxidation sites excluding steroid dienone is 4. The second kappa shape index (κ2) is 6.44. The largest absolute Gasteiger partial charge is 0.295 e. The van der Waals surface area contributed by atoms with Gasteiger partial charge in [0.05, 0.1) is 0 Å². The molecule has 6 atom stereocenters. The van der Waals surface area contributed by atoms with Gasteiger partial charge >= 0.3 is 0 Å². The van der Waals surface area contributed by atoms with Gasteiger partial charge in [-0.3, -0.25) is 4.79 Å². The highest BCUT2D eigenvalue weighted by atomic mass is 16.1. The number of hydrogen-bond acceptors (Lipinski definition) is 1. The summed E-state index contributed by atoms with van der Waals surface area (Å²) in [6.07, 6.45) is 12.8. The Kier molecular flexibility index (Phi) is 4.23. The van der Waals surface area contributed by atoms with Crippen molar-refractivity contribution in [3.05, 3.63) is 59.2 Å². The third-order valence-electron chi connectivity index (χ3n) is 9.33. The van der Waals surface area contributed by atoms with Crippen LogP contribution >= 0.6 is 0 Å². The first kappa shape index (κ1) is 18.4. The highest BCUT2D eigenvalue weighted by Crippen LogP contribution is 2.67. The quantitative estimate of drug-likeness (QED) is 0.517. The van der Waals surface area contributed by atoms with Crippen LogP contribution in [0.1, 0.15) is 77.2 Å². The van der Waals surface area contributed by atoms with Gasteiger partial charge in [-0.05, 0) is 78.7 Å². The van der Waals surface area contributed by atoms with E-state index in [1.807, 2.05) is 0 Å². The van der Waals surface area contributed by atoms with Crippen molar-refractivity contribution in [2.24, 2.45) is 28.6 Å². The van der Waals surface area contributed by atoms with E-state index in [1.165, 1.54) is 43.2 Å². The van der Waals surface area contributed by atoms with Crippen LogP contribution in [0.25, 0.3) is 0 Å². The lowest BCUT2D eigenvalue weighted by Gasteiger charge is -2.60. The molecular weight excluding hydrogens is 340 g/mol. The van der Waals surface area contributed by atoms with Gasteiger partial charge in [0.15, 0.2) is 5.78 Å². The summed E-state index contributed by atoms with van der Waals surface area (Å²) in [7, 11) is 0. The van der Waals surface area contributed by atoms with E-state index >= 15 is 0 Å². The molecule has 4 aliphatic carbocycles. The third-order valence-corrected chi connectivity index (χ3v) is 9.33. The predicted molar refractivity (Wildman–Crippen MR) is 115 cm³/mol. The molecule has 0 radical (unpaired) electrons. The minimum atomic E-state index is 0.202. The first-order valence-corrected chi connectivity index (χ1v) is 11.5. The molecule has 2 fully saturated rings. The summed E-state index contributed by atoms with van der Waals surface area (Å²) in [5.41, 5.74) is 5.22. The molecule has 148 valence electrons. The molecule has 1 aromatic carbocycles. The van der Waals surface area contributed by atoms with Crippen molar-refractivity contribution >= 4 is 5.78 Å². The standard InChI is InChI=1S/C27H34O/c1-4-19-10-11-23-22-17-21(18-8-6-5-7-9-18)25-16-20(28)12-14-27(25,3)24(22)13-15-26(19,23)2/h5-10,16,21-24H,4,11-15,17H2,1-3H3. The molecular formula is C27H34O. The molecule has 28 heavy (non-hydrogen) atoms. The lowest BCUT2D eigenvalue weighted by atomic mass is 9.44. The van der Waals surface area contributed by atoms with E-state index in [1.54, 1.807) is 5.57 Å². The average Bonchev–Trinajstić information content (AvgIpc) is 3.05. The molecule has 6 unspecified atom stereocenters. The van der Waals surface area contributed by atoms with Crippen LogP contribution in [0.15, 0.2) is 53.6 Å². The Balaban J connectivity index is 1.59. The Labute approximate surface area is 170 Å². The van der Waals surface area contributed by atoms with E-state index in [0.29, 0.717) is 17.1 Å². The zero-order chi connectivity index (χ0) is 19.5. The van der Waals surface area contributed by atoms with Gasteiger partial charge in [-0.25, -0.2) is 0 Å². The van der Waals surface area contributed by atoms with Gasteiger partial charge in [-0.15, -0.1) is 0 Å². The molecule has 2 saturated carbocycles. The van der Waals surface area contributed by atoms with Crippen molar-refractivity contribution in [2.45, 2.75) is 71.6 Å². The first-order valence-electron chi connectivity index (χ1n) is 11.5. The van der Waals surface area contributed by atoms with Gasteiger partial charge in [0.25, 0.3) is 0 Å². The maximum atomic E-state index is 12.4. The Morgan fingerprint density at radius 3 is 2.57 bits per heavy atom. The summed E-state index contributed by atoms with van der Waals surface area (Å²) in [6.45, 7) is 7.41. The second-order valence-electron chi connectivity index (χ2n) is 10.3. The molecule has 0 aromatic heterocycles. The predicted octanol–water partition coefficient (Wildman–Crippen LogP) is 6.86. The van der Waals surface area contributed by atoms with Gasteiger partial charge in [0.1, 0.15) is 0 Å². The summed E-state index contributed by atoms with van der Waals surface area (Å²) >= 11 is 0. The van der Waals surface area contributed by atoms with E-state index in [9.17, 15) is 4.79 Å². The van der Waals surface area contributed by atoms with E-state index in [4.69, 9.17) is 0 Å². The number of rotatable bonds is 2. The van der Waals surface area contributed by atoms with Crippen LogP contribution in [0.5, 0.6) is 0 Å². The van der Waals surface area contributed by atoms with E-state index in [2.05, 4.69) is 63.3 Å². The average molecular weight is 375 g/mol. The fourth-order valence-corrected chi connectivity index (χ4v) is 7.85. The molecule has 0 spiro atoms. The number of fused-ring (bicyclic) bond motifs is 5. The monoisotopic (exact) mass is 374 g/mol. The van der Waals surface area contributed by atoms with Crippen molar-refractivity contribution in [3.63, 3.8) is 0 Å². The first-order chi connectivity index (χ1) is 13.5. The van der Waals surface area contributed by atoms with Crippen molar-refractivity contribution in [1.82, 2.24) is 0 Å². The van der Waals surface area contributed by atoms with Crippen LogP contribution in [0.3, 0.4) is 0 Å². The van der Waals surface area contributed by atoms with Gasteiger partial charge in [-0.2, -0.15) is 0 Å². The topological polar surface area (TPSA) is 17.1 Å². The summed E-state index contributed by atoms with van der Waals surface area (Å²) in [5.74, 6) is 3.09. The van der Waals surface area contributed by atoms with Gasteiger partial charge in [0, 0.05) is 12.3 Å². The van der Waals surface area contributed by atoms with E-state index in [-0.39, 0.29) is 5.41 Å². The smallest absolute Gasteiger partial charge is 0.155 e. The SMILES string of the molecule is CCC1=CCC2C3CC(c4ccccc4)C4=CC(=O)CCC4(C)C3CCC12C. The van der Waals surface area contributed by atoms with Gasteiger partial charge in [0.2, 0.25) is 0 Å². The number of carbonyl (C=O) groups excluding carboxylic acids is 1. The van der Waals surface area contributed by atoms with Crippen LogP contribution in [0, 0.1) is 28.6 Å². The van der Waals surface area contributed by atoms with Gasteiger partial charge in [-0.1, -0.05) is 68.3 Å². The molecule has 4 aliphatic rings. The molecule has 0 bridgehead atoms. The summed E-state index contributed by atoms with van der Waals surface area (Å²) in [5, 5.41) is 0. The molecule has 0 saturated heterocycles. The molecule has 5 rings (SSSR count). The van der Waals surface area contributed by atoms with Crippen molar-refractivity contribution in [2.75, 3.05) is 0 Å². The fraction of sp³-hybridized carbons (Fsp3) is 0.593. The van der Waals surface area contributed by atoms with Crippen LogP contribution in [0.4, 0.5) is 0 Å². The Morgan fingerprint density at radius 1 is 1.04 bits per heavy atom. The highest BCUT2D eigenvalue weighted by molar-refractivity contribution is 5.92. The third kappa shape index (κ3) is 2.47. The lowest BCUT2D eigenvalue weighted by molar-refractivity contribution is -0.117. The Morgan fingerprint density at radius 2 is 1.82 bits per heavy atom. The molecule has 0 N–H and O–H groups in total. The minimum Gasteiger partial charge on any atom is -0.295 e. The summed E-state index contributed by atoms with van der Waals surface area (Å²) in [6, 6.07) is 11.0. The molecule has 1 aromatic rings. The molecule has 0 heterocycles. The highest BCUT2D eigenvalue weighted by Gasteiger charge is 2.58. The number of benzene rings is 1. The molecule has 0 amide bonds. The molecule has 1 nitrogen and oxygen atoms in total. The normalized spacial score (nSPS) is 42.2. The van der Waals surface area contributed by atoms with Crippen LogP contribution < -0.4 is 0 Å². The van der Waals surface area contributed by atoms with Crippen LogP contribution in [-0.4, -0.2) is 5.78 Å². The Hall–Kier alpha value is -1.63. The van der Waals surface area contributed by atoms with Gasteiger partial charge < -0.3 is 0 Å². The second-order valence-corrected chi connectivity index (χ2v) is 10.3. The van der Waals surface area contributed by atoms with Crippen molar-refractivity contribution in [1.29, 1.82) is 0 Å². The minimum absolute atomic E-state index is 0.202. The summed E-state index contributed by atoms with van der Waals surface area (Å²) < 4.78 is 0. The Bertz CT molecular complexity index is 846. The van der Waals surface area contributed by atoms with E-state index in [0.717, 1.165) is 30.6 Å². The molecule has 1 heteroatoms. The number of carbonyl (C=O) groups is 1. The zero-order valence-corrected chi connectivity index (χ0v) is 17.7. The zero-order valence-electron chi connectivity index (χ0n) is 17.7. The van der Waals surface area contributed by atoms with Crippen molar-refractivity contribution < 1.29 is 4.79 Å². The van der Waals surface area contributed by atoms with Crippen LogP contribution in [0.2, 0.25) is 0 Å². The maximum absolute atomic E-state index is 12.4. The number of ketones is 1. The number of hydrogen-bond donors (Lipinski definition) is 0. The maximum Gasteiger partial charge on any atom is 0.155 e. The van der Waals surface area contributed by atoms with Crippen LogP contribution in [-0.2, 0) is 4.79 Å².